The monoisotopic (exact) mass is 279 g/mol. The van der Waals surface area contributed by atoms with Crippen molar-refractivity contribution in [2.75, 3.05) is 0 Å². The molecule has 1 N–H and O–H groups in total. The lowest BCUT2D eigenvalue weighted by Gasteiger charge is -2.10. The van der Waals surface area contributed by atoms with Gasteiger partial charge in [0.15, 0.2) is 5.69 Å². The summed E-state index contributed by atoms with van der Waals surface area (Å²) in [7, 11) is 0. The summed E-state index contributed by atoms with van der Waals surface area (Å²) in [6, 6.07) is 7.40. The second-order valence-electron chi connectivity index (χ2n) is 4.53. The average Bonchev–Trinajstić information content (AvgIpc) is 2.76. The largest absolute Gasteiger partial charge is 0.476 e. The lowest BCUT2D eigenvalue weighted by atomic mass is 10.1. The molecule has 100 valence electrons. The maximum atomic E-state index is 11.1. The van der Waals surface area contributed by atoms with E-state index >= 15 is 0 Å². The van der Waals surface area contributed by atoms with E-state index < -0.39 is 5.97 Å². The summed E-state index contributed by atoms with van der Waals surface area (Å²) in [6.07, 6.45) is 0. The highest BCUT2D eigenvalue weighted by atomic mass is 35.5. The van der Waals surface area contributed by atoms with Crippen molar-refractivity contribution in [3.63, 3.8) is 0 Å². The van der Waals surface area contributed by atoms with Crippen molar-refractivity contribution >= 4 is 17.6 Å². The molecule has 0 aliphatic heterocycles. The van der Waals surface area contributed by atoms with Gasteiger partial charge in [-0.1, -0.05) is 48.9 Å². The number of hydrogen-bond acceptors (Lipinski definition) is 3. The third-order valence-corrected chi connectivity index (χ3v) is 3.17. The number of aromatic nitrogens is 3. The Bertz CT molecular complexity index is 608. The molecule has 0 unspecified atom stereocenters. The van der Waals surface area contributed by atoms with Crippen LogP contribution in [0.4, 0.5) is 0 Å². The molecule has 0 aliphatic rings. The number of nitrogens with zero attached hydrogens (tertiary/aromatic N) is 3. The topological polar surface area (TPSA) is 68.0 Å². The molecule has 1 aromatic heterocycles. The lowest BCUT2D eigenvalue weighted by molar-refractivity contribution is 0.0688. The lowest BCUT2D eigenvalue weighted by Crippen LogP contribution is -2.11. The third kappa shape index (κ3) is 2.76. The average molecular weight is 280 g/mol. The van der Waals surface area contributed by atoms with Crippen LogP contribution in [-0.2, 0) is 6.54 Å². The Hall–Kier alpha value is -1.88. The van der Waals surface area contributed by atoms with Crippen LogP contribution in [0.15, 0.2) is 24.3 Å². The van der Waals surface area contributed by atoms with Crippen molar-refractivity contribution in [2.45, 2.75) is 26.3 Å². The van der Waals surface area contributed by atoms with Gasteiger partial charge in [-0.05, 0) is 17.5 Å². The van der Waals surface area contributed by atoms with Crippen molar-refractivity contribution in [3.8, 4) is 0 Å². The Balaban J connectivity index is 2.41. The molecule has 2 rings (SSSR count). The van der Waals surface area contributed by atoms with E-state index in [0.717, 1.165) is 5.56 Å². The zero-order chi connectivity index (χ0) is 14.0. The predicted octanol–water partition coefficient (Wildman–Crippen LogP) is 2.80. The molecule has 0 fully saturated rings. The zero-order valence-electron chi connectivity index (χ0n) is 10.7. The molecule has 0 saturated heterocycles. The molecule has 0 spiro atoms. The van der Waals surface area contributed by atoms with Gasteiger partial charge in [0.2, 0.25) is 0 Å². The van der Waals surface area contributed by atoms with Gasteiger partial charge in [0.05, 0.1) is 12.2 Å². The van der Waals surface area contributed by atoms with E-state index in [9.17, 15) is 4.79 Å². The Morgan fingerprint density at radius 2 is 2.11 bits per heavy atom. The highest BCUT2D eigenvalue weighted by Gasteiger charge is 2.21. The van der Waals surface area contributed by atoms with Crippen molar-refractivity contribution < 1.29 is 9.90 Å². The second kappa shape index (κ2) is 5.40. The molecule has 1 aromatic carbocycles. The van der Waals surface area contributed by atoms with Gasteiger partial charge in [-0.15, -0.1) is 5.10 Å². The molecule has 0 atom stereocenters. The number of hydrogen-bond donors (Lipinski definition) is 1. The molecule has 6 heteroatoms. The van der Waals surface area contributed by atoms with E-state index in [4.69, 9.17) is 16.7 Å². The minimum absolute atomic E-state index is 0.00190. The Labute approximate surface area is 115 Å². The molecule has 19 heavy (non-hydrogen) atoms. The first-order valence-electron chi connectivity index (χ1n) is 5.90. The summed E-state index contributed by atoms with van der Waals surface area (Å²) in [6.45, 7) is 4.23. The normalized spacial score (nSPS) is 10.9. The second-order valence-corrected chi connectivity index (χ2v) is 4.94. The number of carbonyl (C=O) groups is 1. The molecule has 5 nitrogen and oxygen atoms in total. The molecule has 0 radical (unpaired) electrons. The minimum atomic E-state index is -1.06. The standard InChI is InChI=1S/C13H14ClN3O2/c1-8(2)12-11(13(18)19)15-16-17(12)7-9-5-3-4-6-10(9)14/h3-6,8H,7H2,1-2H3,(H,18,19). The predicted molar refractivity (Wildman–Crippen MR) is 71.6 cm³/mol. The van der Waals surface area contributed by atoms with E-state index in [2.05, 4.69) is 10.3 Å². The molecule has 0 aliphatic carbocycles. The van der Waals surface area contributed by atoms with E-state index in [-0.39, 0.29) is 11.6 Å². The van der Waals surface area contributed by atoms with E-state index in [1.165, 1.54) is 0 Å². The van der Waals surface area contributed by atoms with Crippen LogP contribution in [0, 0.1) is 0 Å². The first kappa shape index (κ1) is 13.5. The van der Waals surface area contributed by atoms with E-state index in [0.29, 0.717) is 17.3 Å². The van der Waals surface area contributed by atoms with Gasteiger partial charge in [0.25, 0.3) is 0 Å². The Kier molecular flexibility index (Phi) is 3.85. The SMILES string of the molecule is CC(C)c1c(C(=O)O)nnn1Cc1ccccc1Cl. The first-order valence-corrected chi connectivity index (χ1v) is 6.28. The number of aromatic carboxylic acids is 1. The molecule has 2 aromatic rings. The van der Waals surface area contributed by atoms with Crippen molar-refractivity contribution in [1.29, 1.82) is 0 Å². The minimum Gasteiger partial charge on any atom is -0.476 e. The van der Waals surface area contributed by atoms with Gasteiger partial charge in [0.1, 0.15) is 0 Å². The van der Waals surface area contributed by atoms with Crippen LogP contribution in [0.3, 0.4) is 0 Å². The quantitative estimate of drug-likeness (QED) is 0.934. The summed E-state index contributed by atoms with van der Waals surface area (Å²) < 4.78 is 1.59. The fourth-order valence-corrected chi connectivity index (χ4v) is 2.14. The van der Waals surface area contributed by atoms with Gasteiger partial charge in [-0.25, -0.2) is 9.48 Å². The summed E-state index contributed by atoms with van der Waals surface area (Å²) in [5.74, 6) is -1.04. The summed E-state index contributed by atoms with van der Waals surface area (Å²) in [5.41, 5.74) is 1.49. The van der Waals surface area contributed by atoms with Crippen LogP contribution in [-0.4, -0.2) is 26.1 Å². The third-order valence-electron chi connectivity index (χ3n) is 2.80. The number of halogens is 1. The fourth-order valence-electron chi connectivity index (χ4n) is 1.95. The van der Waals surface area contributed by atoms with Crippen LogP contribution in [0.5, 0.6) is 0 Å². The Morgan fingerprint density at radius 3 is 2.68 bits per heavy atom. The summed E-state index contributed by atoms with van der Waals surface area (Å²) in [4.78, 5) is 11.1. The van der Waals surface area contributed by atoms with Gasteiger partial charge in [0, 0.05) is 5.02 Å². The molecule has 0 bridgehead atoms. The molecule has 0 saturated carbocycles. The number of carboxylic acid groups (broad SMARTS) is 1. The van der Waals surface area contributed by atoms with Gasteiger partial charge < -0.3 is 5.11 Å². The first-order chi connectivity index (χ1) is 9.00. The summed E-state index contributed by atoms with van der Waals surface area (Å²) >= 11 is 6.10. The maximum absolute atomic E-state index is 11.1. The van der Waals surface area contributed by atoms with Gasteiger partial charge >= 0.3 is 5.97 Å². The van der Waals surface area contributed by atoms with Crippen molar-refractivity contribution in [1.82, 2.24) is 15.0 Å². The highest BCUT2D eigenvalue weighted by Crippen LogP contribution is 2.21. The molecule has 1 heterocycles. The van der Waals surface area contributed by atoms with Crippen LogP contribution in [0.25, 0.3) is 0 Å². The van der Waals surface area contributed by atoms with Crippen molar-refractivity contribution in [2.24, 2.45) is 0 Å². The fraction of sp³-hybridized carbons (Fsp3) is 0.308. The number of rotatable bonds is 4. The molecule has 0 amide bonds. The van der Waals surface area contributed by atoms with Crippen molar-refractivity contribution in [3.05, 3.63) is 46.2 Å². The molecular weight excluding hydrogens is 266 g/mol. The number of benzene rings is 1. The highest BCUT2D eigenvalue weighted by molar-refractivity contribution is 6.31. The van der Waals surface area contributed by atoms with E-state index in [1.807, 2.05) is 32.0 Å². The molecular formula is C13H14ClN3O2. The van der Waals surface area contributed by atoms with Gasteiger partial charge in [-0.2, -0.15) is 0 Å². The number of carboxylic acids is 1. The van der Waals surface area contributed by atoms with Gasteiger partial charge in [-0.3, -0.25) is 0 Å². The summed E-state index contributed by atoms with van der Waals surface area (Å²) in [5, 5.41) is 17.4. The van der Waals surface area contributed by atoms with Crippen LogP contribution in [0.1, 0.15) is 41.5 Å². The maximum Gasteiger partial charge on any atom is 0.358 e. The zero-order valence-corrected chi connectivity index (χ0v) is 11.4. The Morgan fingerprint density at radius 1 is 1.42 bits per heavy atom. The smallest absolute Gasteiger partial charge is 0.358 e. The van der Waals surface area contributed by atoms with Crippen LogP contribution in [0.2, 0.25) is 5.02 Å². The van der Waals surface area contributed by atoms with Crippen LogP contribution >= 0.6 is 11.6 Å². The van der Waals surface area contributed by atoms with E-state index in [1.54, 1.807) is 10.7 Å². The van der Waals surface area contributed by atoms with Crippen LogP contribution < -0.4 is 0 Å².